The fraction of sp³-hybridized carbons (Fsp3) is 0.750. The van der Waals surface area contributed by atoms with Gasteiger partial charge in [0.25, 0.3) is 11.6 Å². The van der Waals surface area contributed by atoms with Crippen molar-refractivity contribution in [2.45, 2.75) is 45.9 Å². The number of urea groups is 1. The van der Waals surface area contributed by atoms with Crippen molar-refractivity contribution in [2.75, 3.05) is 0 Å². The van der Waals surface area contributed by atoms with E-state index in [0.717, 1.165) is 0 Å². The van der Waals surface area contributed by atoms with Gasteiger partial charge in [0, 0.05) is 5.92 Å². The monoisotopic (exact) mass is 271 g/mol. The first kappa shape index (κ1) is 15.4. The zero-order valence-electron chi connectivity index (χ0n) is 11.6. The van der Waals surface area contributed by atoms with Crippen molar-refractivity contribution in [3.05, 3.63) is 0 Å². The number of carbonyl (C=O) groups is 3. The van der Waals surface area contributed by atoms with E-state index in [4.69, 9.17) is 10.5 Å². The molecule has 1 aliphatic heterocycles. The Morgan fingerprint density at radius 1 is 1.37 bits per heavy atom. The number of esters is 1. The van der Waals surface area contributed by atoms with Crippen LogP contribution in [0.2, 0.25) is 0 Å². The van der Waals surface area contributed by atoms with Crippen molar-refractivity contribution < 1.29 is 19.1 Å². The van der Waals surface area contributed by atoms with Gasteiger partial charge in [-0.05, 0) is 5.92 Å². The lowest BCUT2D eigenvalue weighted by molar-refractivity contribution is -0.175. The second-order valence-electron chi connectivity index (χ2n) is 5.13. The highest BCUT2D eigenvalue weighted by Crippen LogP contribution is 2.24. The first-order valence-electron chi connectivity index (χ1n) is 6.36. The lowest BCUT2D eigenvalue weighted by Gasteiger charge is -2.31. The van der Waals surface area contributed by atoms with Crippen LogP contribution < -0.4 is 16.4 Å². The average Bonchev–Trinajstić information content (AvgIpc) is 2.63. The molecule has 0 radical (unpaired) electrons. The van der Waals surface area contributed by atoms with Gasteiger partial charge in [0.2, 0.25) is 0 Å². The van der Waals surface area contributed by atoms with Crippen LogP contribution in [0.15, 0.2) is 0 Å². The molecule has 0 aliphatic carbocycles. The highest BCUT2D eigenvalue weighted by Gasteiger charge is 2.53. The minimum Gasteiger partial charge on any atom is -0.428 e. The third-order valence-corrected chi connectivity index (χ3v) is 3.47. The first-order valence-corrected chi connectivity index (χ1v) is 6.36. The van der Waals surface area contributed by atoms with E-state index in [1.165, 1.54) is 0 Å². The summed E-state index contributed by atoms with van der Waals surface area (Å²) in [6, 6.07) is -1.51. The van der Waals surface area contributed by atoms with Gasteiger partial charge in [0.15, 0.2) is 0 Å². The molecule has 7 nitrogen and oxygen atoms in total. The van der Waals surface area contributed by atoms with Crippen molar-refractivity contribution in [1.29, 1.82) is 0 Å². The summed E-state index contributed by atoms with van der Waals surface area (Å²) in [5, 5.41) is 4.43. The number of amides is 3. The molecule has 0 aromatic heterocycles. The second-order valence-corrected chi connectivity index (χ2v) is 5.13. The molecule has 0 spiro atoms. The Kier molecular flexibility index (Phi) is 4.52. The molecule has 1 unspecified atom stereocenters. The van der Waals surface area contributed by atoms with E-state index < -0.39 is 35.6 Å². The maximum Gasteiger partial charge on any atom is 0.325 e. The molecule has 1 rings (SSSR count). The Hall–Kier alpha value is -1.63. The molecule has 1 heterocycles. The van der Waals surface area contributed by atoms with Crippen LogP contribution in [-0.4, -0.2) is 29.7 Å². The molecule has 3 atom stereocenters. The van der Waals surface area contributed by atoms with E-state index in [0.29, 0.717) is 6.42 Å². The molecule has 1 saturated heterocycles. The zero-order valence-corrected chi connectivity index (χ0v) is 11.6. The number of hydrogen-bond acceptors (Lipinski definition) is 5. The molecule has 19 heavy (non-hydrogen) atoms. The molecule has 0 bridgehead atoms. The SMILES string of the molecule is CC[C@H](C)[C@H](N)C(=O)OC1(C(C)C)NC(=O)NC1=O. The van der Waals surface area contributed by atoms with Crippen molar-refractivity contribution >= 4 is 17.9 Å². The maximum absolute atomic E-state index is 12.0. The van der Waals surface area contributed by atoms with Crippen LogP contribution in [-0.2, 0) is 14.3 Å². The van der Waals surface area contributed by atoms with Crippen LogP contribution in [0.1, 0.15) is 34.1 Å². The summed E-state index contributed by atoms with van der Waals surface area (Å²) in [4.78, 5) is 35.1. The maximum atomic E-state index is 12.0. The molecule has 1 aliphatic rings. The fourth-order valence-corrected chi connectivity index (χ4v) is 1.76. The summed E-state index contributed by atoms with van der Waals surface area (Å²) < 4.78 is 5.22. The topological polar surface area (TPSA) is 111 Å². The van der Waals surface area contributed by atoms with E-state index in [1.807, 2.05) is 13.8 Å². The van der Waals surface area contributed by atoms with Gasteiger partial charge in [0.1, 0.15) is 6.04 Å². The molecule has 0 aromatic carbocycles. The van der Waals surface area contributed by atoms with Crippen LogP contribution in [0.4, 0.5) is 4.79 Å². The minimum absolute atomic E-state index is 0.0723. The van der Waals surface area contributed by atoms with Gasteiger partial charge in [-0.15, -0.1) is 0 Å². The van der Waals surface area contributed by atoms with Gasteiger partial charge < -0.3 is 10.5 Å². The molecule has 1 fully saturated rings. The molecule has 0 saturated carbocycles. The van der Waals surface area contributed by atoms with Crippen LogP contribution in [0.5, 0.6) is 0 Å². The van der Waals surface area contributed by atoms with E-state index in [-0.39, 0.29) is 5.92 Å². The average molecular weight is 271 g/mol. The summed E-state index contributed by atoms with van der Waals surface area (Å²) in [6.45, 7) is 7.07. The fourth-order valence-electron chi connectivity index (χ4n) is 1.76. The van der Waals surface area contributed by atoms with Crippen molar-refractivity contribution in [2.24, 2.45) is 17.6 Å². The Morgan fingerprint density at radius 3 is 2.32 bits per heavy atom. The molecule has 108 valence electrons. The lowest BCUT2D eigenvalue weighted by Crippen LogP contribution is -2.57. The third kappa shape index (κ3) is 2.86. The Balaban J connectivity index is 2.90. The summed E-state index contributed by atoms with van der Waals surface area (Å²) in [5.74, 6) is -1.85. The molecular weight excluding hydrogens is 250 g/mol. The summed E-state index contributed by atoms with van der Waals surface area (Å²) in [7, 11) is 0. The smallest absolute Gasteiger partial charge is 0.325 e. The Bertz CT molecular complexity index is 396. The largest absolute Gasteiger partial charge is 0.428 e. The third-order valence-electron chi connectivity index (χ3n) is 3.47. The number of hydrogen-bond donors (Lipinski definition) is 3. The van der Waals surface area contributed by atoms with Crippen LogP contribution in [0.25, 0.3) is 0 Å². The number of imide groups is 1. The highest BCUT2D eigenvalue weighted by atomic mass is 16.6. The van der Waals surface area contributed by atoms with Crippen molar-refractivity contribution in [3.63, 3.8) is 0 Å². The lowest BCUT2D eigenvalue weighted by atomic mass is 9.97. The van der Waals surface area contributed by atoms with Crippen LogP contribution in [0, 0.1) is 11.8 Å². The number of nitrogens with one attached hydrogen (secondary N) is 2. The number of rotatable bonds is 5. The Labute approximate surface area is 112 Å². The normalized spacial score (nSPS) is 25.8. The number of nitrogens with two attached hydrogens (primary N) is 1. The zero-order chi connectivity index (χ0) is 14.8. The predicted molar refractivity (Wildman–Crippen MR) is 67.8 cm³/mol. The quantitative estimate of drug-likeness (QED) is 0.485. The van der Waals surface area contributed by atoms with Gasteiger partial charge in [-0.1, -0.05) is 34.1 Å². The molecular formula is C12H21N3O4. The van der Waals surface area contributed by atoms with E-state index in [9.17, 15) is 14.4 Å². The highest BCUT2D eigenvalue weighted by molar-refractivity contribution is 6.07. The van der Waals surface area contributed by atoms with Gasteiger partial charge in [-0.25, -0.2) is 4.79 Å². The van der Waals surface area contributed by atoms with E-state index >= 15 is 0 Å². The Morgan fingerprint density at radius 2 is 1.95 bits per heavy atom. The van der Waals surface area contributed by atoms with E-state index in [2.05, 4.69) is 10.6 Å². The predicted octanol–water partition coefficient (Wildman–Crippen LogP) is 0.0947. The number of ether oxygens (including phenoxy) is 1. The summed E-state index contributed by atoms with van der Waals surface area (Å²) in [6.07, 6.45) is 0.712. The van der Waals surface area contributed by atoms with E-state index in [1.54, 1.807) is 13.8 Å². The molecule has 3 amide bonds. The standard InChI is InChI=1S/C12H21N3O4/c1-5-7(4)8(13)9(16)19-12(6(2)3)10(17)14-11(18)15-12/h6-8H,5,13H2,1-4H3,(H2,14,15,17,18)/t7-,8-,12?/m0/s1. The summed E-state index contributed by atoms with van der Waals surface area (Å²) >= 11 is 0. The van der Waals surface area contributed by atoms with Gasteiger partial charge >= 0.3 is 12.0 Å². The van der Waals surface area contributed by atoms with Crippen molar-refractivity contribution in [3.8, 4) is 0 Å². The van der Waals surface area contributed by atoms with Crippen LogP contribution >= 0.6 is 0 Å². The van der Waals surface area contributed by atoms with Gasteiger partial charge in [-0.2, -0.15) is 0 Å². The molecule has 0 aromatic rings. The van der Waals surface area contributed by atoms with Gasteiger partial charge in [-0.3, -0.25) is 20.2 Å². The minimum atomic E-state index is -1.67. The summed E-state index contributed by atoms with van der Waals surface area (Å²) in [5.41, 5.74) is 4.10. The van der Waals surface area contributed by atoms with Crippen LogP contribution in [0.3, 0.4) is 0 Å². The number of carbonyl (C=O) groups excluding carboxylic acids is 3. The molecule has 4 N–H and O–H groups in total. The van der Waals surface area contributed by atoms with Crippen molar-refractivity contribution in [1.82, 2.24) is 10.6 Å². The molecule has 7 heteroatoms. The second kappa shape index (κ2) is 5.56. The first-order chi connectivity index (χ1) is 8.74. The van der Waals surface area contributed by atoms with Gasteiger partial charge in [0.05, 0.1) is 0 Å².